The number of halogens is 3. The average Bonchev–Trinajstić information content (AvgIpc) is 2.94. The van der Waals surface area contributed by atoms with Crippen LogP contribution in [0, 0.1) is 0 Å². The van der Waals surface area contributed by atoms with Crippen LogP contribution in [-0.2, 0) is 9.59 Å². The van der Waals surface area contributed by atoms with Crippen molar-refractivity contribution >= 4 is 50.8 Å². The molecule has 0 radical (unpaired) electrons. The van der Waals surface area contributed by atoms with E-state index in [0.717, 1.165) is 22.0 Å². The van der Waals surface area contributed by atoms with E-state index in [4.69, 9.17) is 0 Å². The number of rotatable bonds is 8. The van der Waals surface area contributed by atoms with Crippen LogP contribution in [0.4, 0.5) is 18.9 Å². The van der Waals surface area contributed by atoms with Crippen molar-refractivity contribution in [3.8, 4) is 0 Å². The molecule has 0 saturated carbocycles. The van der Waals surface area contributed by atoms with Crippen LogP contribution in [0.25, 0.3) is 10.2 Å². The number of benzene rings is 1. The molecule has 1 atom stereocenters. The maximum atomic E-state index is 12.5. The van der Waals surface area contributed by atoms with E-state index in [1.54, 1.807) is 25.1 Å². The average molecular weight is 432 g/mol. The molecule has 0 aliphatic rings. The number of hydrogen-bond acceptors (Lipinski definition) is 5. The Morgan fingerprint density at radius 3 is 2.64 bits per heavy atom. The summed E-state index contributed by atoms with van der Waals surface area (Å²) in [5.74, 6) is -0.784. The zero-order chi connectivity index (χ0) is 20.9. The summed E-state index contributed by atoms with van der Waals surface area (Å²) in [5.41, 5.74) is 1.93. The summed E-state index contributed by atoms with van der Waals surface area (Å²) in [4.78, 5) is 28.1. The summed E-state index contributed by atoms with van der Waals surface area (Å²) in [6.45, 7) is 6.87. The van der Waals surface area contributed by atoms with Gasteiger partial charge < -0.3 is 10.6 Å². The van der Waals surface area contributed by atoms with Crippen molar-refractivity contribution in [1.82, 2.24) is 10.3 Å². The fraction of sp³-hybridized carbons (Fsp3) is 0.389. The number of nitrogens with zero attached hydrogens (tertiary/aromatic N) is 1. The zero-order valence-corrected chi connectivity index (χ0v) is 17.0. The molecule has 1 aromatic carbocycles. The molecule has 2 N–H and O–H groups in total. The Hall–Kier alpha value is -2.07. The van der Waals surface area contributed by atoms with Gasteiger partial charge in [0.15, 0.2) is 4.34 Å². The van der Waals surface area contributed by atoms with E-state index in [0.29, 0.717) is 22.0 Å². The molecule has 0 fully saturated rings. The first-order valence-electron chi connectivity index (χ1n) is 8.36. The molecule has 28 heavy (non-hydrogen) atoms. The highest BCUT2D eigenvalue weighted by atomic mass is 32.2. The van der Waals surface area contributed by atoms with E-state index in [1.807, 2.05) is 0 Å². The van der Waals surface area contributed by atoms with Gasteiger partial charge in [0.25, 0.3) is 0 Å². The molecule has 1 unspecified atom stereocenters. The standard InChI is InChI=1S/C18H20F3N3O2S2/c1-10(2)8-14(22-11(3)25)16(26)23-12-4-5-13-15(9-12)28-17(24-13)27-7-6-18(19,20)21/h4-5,9,14H,1,6-8H2,2-3H3,(H,22,25)(H,23,26). The van der Waals surface area contributed by atoms with E-state index in [1.165, 1.54) is 18.3 Å². The molecule has 1 aromatic heterocycles. The van der Waals surface area contributed by atoms with Gasteiger partial charge in [0, 0.05) is 18.4 Å². The molecule has 1 heterocycles. The van der Waals surface area contributed by atoms with Crippen LogP contribution in [0.1, 0.15) is 26.7 Å². The molecule has 2 amide bonds. The van der Waals surface area contributed by atoms with Crippen molar-refractivity contribution in [2.45, 2.75) is 43.2 Å². The smallest absolute Gasteiger partial charge is 0.344 e. The summed E-state index contributed by atoms with van der Waals surface area (Å²) in [6, 6.07) is 4.34. The minimum Gasteiger partial charge on any atom is -0.344 e. The number of aromatic nitrogens is 1. The second-order valence-electron chi connectivity index (χ2n) is 6.28. The minimum absolute atomic E-state index is 0.0911. The van der Waals surface area contributed by atoms with Crippen molar-refractivity contribution in [3.63, 3.8) is 0 Å². The molecular weight excluding hydrogens is 411 g/mol. The first-order valence-corrected chi connectivity index (χ1v) is 10.2. The number of amides is 2. The third-order valence-corrected chi connectivity index (χ3v) is 5.66. The van der Waals surface area contributed by atoms with E-state index >= 15 is 0 Å². The van der Waals surface area contributed by atoms with Gasteiger partial charge in [0.2, 0.25) is 11.8 Å². The number of hydrogen-bond donors (Lipinski definition) is 2. The Labute approximate surface area is 168 Å². The molecule has 5 nitrogen and oxygen atoms in total. The fourth-order valence-corrected chi connectivity index (χ4v) is 4.49. The van der Waals surface area contributed by atoms with Crippen LogP contribution >= 0.6 is 23.1 Å². The third-order valence-electron chi connectivity index (χ3n) is 3.49. The number of thioether (sulfide) groups is 1. The van der Waals surface area contributed by atoms with Crippen LogP contribution in [0.3, 0.4) is 0 Å². The predicted molar refractivity (Wildman–Crippen MR) is 107 cm³/mol. The molecule has 0 bridgehead atoms. The number of carbonyl (C=O) groups excluding carboxylic acids is 2. The zero-order valence-electron chi connectivity index (χ0n) is 15.4. The van der Waals surface area contributed by atoms with Crippen LogP contribution in [0.15, 0.2) is 34.7 Å². The lowest BCUT2D eigenvalue weighted by atomic mass is 10.1. The van der Waals surface area contributed by atoms with Crippen molar-refractivity contribution < 1.29 is 22.8 Å². The van der Waals surface area contributed by atoms with Crippen LogP contribution in [-0.4, -0.2) is 34.8 Å². The maximum Gasteiger partial charge on any atom is 0.389 e. The first kappa shape index (κ1) is 22.2. The van der Waals surface area contributed by atoms with Gasteiger partial charge in [-0.3, -0.25) is 9.59 Å². The molecule has 0 aliphatic carbocycles. The Bertz CT molecular complexity index is 865. The van der Waals surface area contributed by atoms with Gasteiger partial charge in [0.1, 0.15) is 6.04 Å². The van der Waals surface area contributed by atoms with Gasteiger partial charge in [-0.1, -0.05) is 17.3 Å². The predicted octanol–water partition coefficient (Wildman–Crippen LogP) is 4.75. The van der Waals surface area contributed by atoms with E-state index < -0.39 is 18.6 Å². The molecule has 152 valence electrons. The quantitative estimate of drug-likeness (QED) is 0.467. The molecule has 0 aliphatic heterocycles. The molecule has 2 rings (SSSR count). The number of anilines is 1. The van der Waals surface area contributed by atoms with Crippen LogP contribution < -0.4 is 10.6 Å². The molecule has 0 spiro atoms. The minimum atomic E-state index is -4.19. The van der Waals surface area contributed by atoms with Crippen LogP contribution in [0.2, 0.25) is 0 Å². The largest absolute Gasteiger partial charge is 0.389 e. The number of nitrogens with one attached hydrogen (secondary N) is 2. The molecule has 0 saturated heterocycles. The van der Waals surface area contributed by atoms with E-state index in [9.17, 15) is 22.8 Å². The topological polar surface area (TPSA) is 71.1 Å². The Kier molecular flexibility index (Phi) is 7.48. The van der Waals surface area contributed by atoms with Gasteiger partial charge in [-0.05, 0) is 31.5 Å². The van der Waals surface area contributed by atoms with Gasteiger partial charge in [-0.15, -0.1) is 17.9 Å². The highest BCUT2D eigenvalue weighted by Crippen LogP contribution is 2.33. The first-order chi connectivity index (χ1) is 13.0. The molecule has 2 aromatic rings. The van der Waals surface area contributed by atoms with Crippen molar-refractivity contribution in [2.75, 3.05) is 11.1 Å². The second-order valence-corrected chi connectivity index (χ2v) is 8.65. The lowest BCUT2D eigenvalue weighted by molar-refractivity contribution is -0.129. The number of carbonyl (C=O) groups is 2. The van der Waals surface area contributed by atoms with Crippen molar-refractivity contribution in [3.05, 3.63) is 30.4 Å². The van der Waals surface area contributed by atoms with Crippen LogP contribution in [0.5, 0.6) is 0 Å². The van der Waals surface area contributed by atoms with E-state index in [-0.39, 0.29) is 17.6 Å². The number of alkyl halides is 3. The summed E-state index contributed by atoms with van der Waals surface area (Å²) in [6.07, 6.45) is -4.74. The Morgan fingerprint density at radius 2 is 2.04 bits per heavy atom. The van der Waals surface area contributed by atoms with Gasteiger partial charge in [-0.25, -0.2) is 4.98 Å². The van der Waals surface area contributed by atoms with E-state index in [2.05, 4.69) is 22.2 Å². The third kappa shape index (κ3) is 7.16. The summed E-state index contributed by atoms with van der Waals surface area (Å²) in [7, 11) is 0. The normalized spacial score (nSPS) is 12.6. The Balaban J connectivity index is 2.07. The summed E-state index contributed by atoms with van der Waals surface area (Å²) >= 11 is 2.32. The summed E-state index contributed by atoms with van der Waals surface area (Å²) in [5, 5.41) is 5.34. The summed E-state index contributed by atoms with van der Waals surface area (Å²) < 4.78 is 38.1. The van der Waals surface area contributed by atoms with Crippen molar-refractivity contribution in [1.29, 1.82) is 0 Å². The number of thiazole rings is 1. The second kappa shape index (κ2) is 9.42. The maximum absolute atomic E-state index is 12.5. The lowest BCUT2D eigenvalue weighted by Crippen LogP contribution is -2.43. The molecular formula is C18H20F3N3O2S2. The van der Waals surface area contributed by atoms with Gasteiger partial charge >= 0.3 is 6.18 Å². The highest BCUT2D eigenvalue weighted by molar-refractivity contribution is 8.01. The monoisotopic (exact) mass is 431 g/mol. The lowest BCUT2D eigenvalue weighted by Gasteiger charge is -2.17. The van der Waals surface area contributed by atoms with Gasteiger partial charge in [0.05, 0.1) is 16.6 Å². The SMILES string of the molecule is C=C(C)CC(NC(C)=O)C(=O)Nc1ccc2nc(SCCC(F)(F)F)sc2c1. The number of fused-ring (bicyclic) bond motifs is 1. The Morgan fingerprint density at radius 1 is 1.32 bits per heavy atom. The molecule has 10 heteroatoms. The van der Waals surface area contributed by atoms with Gasteiger partial charge in [-0.2, -0.15) is 13.2 Å². The van der Waals surface area contributed by atoms with Crippen molar-refractivity contribution in [2.24, 2.45) is 0 Å². The fourth-order valence-electron chi connectivity index (χ4n) is 2.33. The highest BCUT2D eigenvalue weighted by Gasteiger charge is 2.26.